The fraction of sp³-hybridized carbons (Fsp3) is 1.00. The number of hydrogen-bond donors (Lipinski definition) is 0. The molecule has 0 aromatic heterocycles. The molecule has 3 aliphatic rings. The maximum atomic E-state index is 2.57. The molecular weight excluding hydrogens is 607 g/mol. The summed E-state index contributed by atoms with van der Waals surface area (Å²) in [6, 6.07) is 0. The summed E-state index contributed by atoms with van der Waals surface area (Å²) in [6.07, 6.45) is 22.2. The van der Waals surface area contributed by atoms with Crippen molar-refractivity contribution < 1.29 is 0 Å². The Balaban J connectivity index is -0.0000000734. The molecule has 3 aliphatic carbocycles. The Morgan fingerprint density at radius 2 is 0.480 bits per heavy atom. The van der Waals surface area contributed by atoms with Gasteiger partial charge in [0.1, 0.15) is 0 Å². The van der Waals surface area contributed by atoms with E-state index in [4.69, 9.17) is 0 Å². The summed E-state index contributed by atoms with van der Waals surface area (Å²) >= 11 is 0. The van der Waals surface area contributed by atoms with Gasteiger partial charge in [0.15, 0.2) is 0 Å². The summed E-state index contributed by atoms with van der Waals surface area (Å²) in [7, 11) is 4.35. The van der Waals surface area contributed by atoms with Crippen LogP contribution in [0.4, 0.5) is 0 Å². The molecule has 3 rings (SSSR count). The van der Waals surface area contributed by atoms with E-state index in [-0.39, 0.29) is 0 Å². The summed E-state index contributed by atoms with van der Waals surface area (Å²) in [4.78, 5) is 7.45. The molecule has 0 saturated heterocycles. The normalized spacial score (nSPS) is 15.1. The second-order valence-corrected chi connectivity index (χ2v) is 11.7. The van der Waals surface area contributed by atoms with Crippen LogP contribution < -0.4 is 0 Å². The Kier molecular flexibility index (Phi) is 95.7. The summed E-state index contributed by atoms with van der Waals surface area (Å²) < 4.78 is 0. The highest BCUT2D eigenvalue weighted by Gasteiger charge is 2.16. The molecule has 0 unspecified atom stereocenters. The number of nitrogens with zero attached hydrogens (tertiary/aromatic N) is 3. The molecular formula is C47H113N3. The van der Waals surface area contributed by atoms with Gasteiger partial charge in [0, 0.05) is 19.6 Å². The van der Waals surface area contributed by atoms with Gasteiger partial charge in [-0.05, 0) is 96.6 Å². The van der Waals surface area contributed by atoms with E-state index in [1.54, 1.807) is 0 Å². The predicted octanol–water partition coefficient (Wildman–Crippen LogP) is 16.2. The lowest BCUT2D eigenvalue weighted by Gasteiger charge is -2.27. The largest absolute Gasteiger partial charge is 0.309 e. The van der Waals surface area contributed by atoms with Crippen LogP contribution in [0.1, 0.15) is 235 Å². The van der Waals surface area contributed by atoms with Gasteiger partial charge >= 0.3 is 0 Å². The molecule has 3 nitrogen and oxygen atoms in total. The average molecular weight is 720 g/mol. The summed E-state index contributed by atoms with van der Waals surface area (Å²) in [5.41, 5.74) is 0. The topological polar surface area (TPSA) is 9.72 Å². The first-order valence-electron chi connectivity index (χ1n) is 23.6. The van der Waals surface area contributed by atoms with Crippen LogP contribution in [0.25, 0.3) is 0 Å². The van der Waals surface area contributed by atoms with Gasteiger partial charge in [-0.2, -0.15) is 0 Å². The Morgan fingerprint density at radius 3 is 0.640 bits per heavy atom. The van der Waals surface area contributed by atoms with Gasteiger partial charge in [0.2, 0.25) is 0 Å². The Labute approximate surface area is 326 Å². The summed E-state index contributed by atoms with van der Waals surface area (Å²) in [5, 5.41) is 0. The SMILES string of the molecule is CC.CC.CC.CC.CC.CC.CC.CC.CCN(CC)CC1CCCCC1.CCN(CC)CC1CCCCC1.CN(C)CC1CCCCC1. The van der Waals surface area contributed by atoms with Crippen LogP contribution in [-0.4, -0.2) is 74.6 Å². The minimum Gasteiger partial charge on any atom is -0.309 e. The van der Waals surface area contributed by atoms with E-state index in [9.17, 15) is 0 Å². The highest BCUT2D eigenvalue weighted by Crippen LogP contribution is 2.25. The Morgan fingerprint density at radius 1 is 0.300 bits per heavy atom. The van der Waals surface area contributed by atoms with Crippen LogP contribution in [-0.2, 0) is 0 Å². The van der Waals surface area contributed by atoms with Crippen molar-refractivity contribution in [1.29, 1.82) is 0 Å². The molecule has 50 heavy (non-hydrogen) atoms. The highest BCUT2D eigenvalue weighted by molar-refractivity contribution is 4.70. The lowest BCUT2D eigenvalue weighted by Crippen LogP contribution is -2.30. The molecule has 0 amide bonds. The third-order valence-corrected chi connectivity index (χ3v) is 8.62. The lowest BCUT2D eigenvalue weighted by molar-refractivity contribution is 0.216. The zero-order chi connectivity index (χ0) is 41.0. The van der Waals surface area contributed by atoms with Gasteiger partial charge in [-0.1, -0.05) is 196 Å². The lowest BCUT2D eigenvalue weighted by atomic mass is 9.89. The van der Waals surface area contributed by atoms with Crippen LogP contribution in [0.15, 0.2) is 0 Å². The van der Waals surface area contributed by atoms with Gasteiger partial charge in [0.05, 0.1) is 0 Å². The Bertz CT molecular complexity index is 386. The van der Waals surface area contributed by atoms with Crippen molar-refractivity contribution in [2.75, 3.05) is 59.9 Å². The van der Waals surface area contributed by atoms with E-state index in [2.05, 4.69) is 56.5 Å². The van der Waals surface area contributed by atoms with E-state index in [0.717, 1.165) is 17.8 Å². The van der Waals surface area contributed by atoms with E-state index in [1.165, 1.54) is 142 Å². The van der Waals surface area contributed by atoms with E-state index < -0.39 is 0 Å². The quantitative estimate of drug-likeness (QED) is 0.223. The minimum atomic E-state index is 1.00. The maximum Gasteiger partial charge on any atom is 0.000942 e. The van der Waals surface area contributed by atoms with Crippen LogP contribution in [0.3, 0.4) is 0 Å². The number of hydrogen-bond acceptors (Lipinski definition) is 3. The average Bonchev–Trinajstić information content (AvgIpc) is 3.23. The monoisotopic (exact) mass is 720 g/mol. The first kappa shape index (κ1) is 67.9. The van der Waals surface area contributed by atoms with Crippen molar-refractivity contribution in [2.45, 2.75) is 235 Å². The molecule has 0 aliphatic heterocycles. The predicted molar refractivity (Wildman–Crippen MR) is 245 cm³/mol. The third-order valence-electron chi connectivity index (χ3n) is 8.62. The van der Waals surface area contributed by atoms with Gasteiger partial charge in [0.25, 0.3) is 0 Å². The minimum absolute atomic E-state index is 1.00. The van der Waals surface area contributed by atoms with Crippen LogP contribution >= 0.6 is 0 Å². The molecule has 0 bridgehead atoms. The molecule has 0 spiro atoms. The van der Waals surface area contributed by atoms with Crippen LogP contribution in [0.5, 0.6) is 0 Å². The molecule has 3 fully saturated rings. The molecule has 0 atom stereocenters. The van der Waals surface area contributed by atoms with Crippen molar-refractivity contribution in [2.24, 2.45) is 17.8 Å². The first-order chi connectivity index (χ1) is 24.5. The smallest absolute Gasteiger partial charge is 0.000942 e. The highest BCUT2D eigenvalue weighted by atomic mass is 15.1. The van der Waals surface area contributed by atoms with E-state index in [1.807, 2.05) is 111 Å². The van der Waals surface area contributed by atoms with Gasteiger partial charge in [-0.25, -0.2) is 0 Å². The molecule has 3 heteroatoms. The maximum absolute atomic E-state index is 2.57. The summed E-state index contributed by atoms with van der Waals surface area (Å²) in [6.45, 7) is 50.0. The van der Waals surface area contributed by atoms with E-state index >= 15 is 0 Å². The number of rotatable bonds is 10. The zero-order valence-corrected chi connectivity index (χ0v) is 40.6. The van der Waals surface area contributed by atoms with Crippen molar-refractivity contribution >= 4 is 0 Å². The fourth-order valence-corrected chi connectivity index (χ4v) is 6.32. The van der Waals surface area contributed by atoms with Crippen molar-refractivity contribution in [1.82, 2.24) is 14.7 Å². The molecule has 0 aromatic rings. The van der Waals surface area contributed by atoms with E-state index in [0.29, 0.717) is 0 Å². The molecule has 3 saturated carbocycles. The van der Waals surface area contributed by atoms with Crippen LogP contribution in [0.2, 0.25) is 0 Å². The second-order valence-electron chi connectivity index (χ2n) is 11.7. The van der Waals surface area contributed by atoms with Gasteiger partial charge < -0.3 is 14.7 Å². The standard InChI is InChI=1S/2C11H23N.C9H19N.8C2H6/c2*1-3-12(4-2)10-11-8-6-5-7-9-11;1-10(2)8-9-6-4-3-5-7-9;8*1-2/h2*11H,3-10H2,1-2H3;9H,3-8H2,1-2H3;8*1-2H3. The molecule has 0 heterocycles. The van der Waals surface area contributed by atoms with Crippen molar-refractivity contribution in [3.05, 3.63) is 0 Å². The van der Waals surface area contributed by atoms with Crippen molar-refractivity contribution in [3.63, 3.8) is 0 Å². The second kappa shape index (κ2) is 70.5. The molecule has 0 N–H and O–H groups in total. The molecule has 0 aromatic carbocycles. The van der Waals surface area contributed by atoms with Gasteiger partial charge in [-0.15, -0.1) is 0 Å². The molecule has 0 radical (unpaired) electrons. The van der Waals surface area contributed by atoms with Crippen molar-refractivity contribution in [3.8, 4) is 0 Å². The summed E-state index contributed by atoms with van der Waals surface area (Å²) in [5.74, 6) is 3.03. The zero-order valence-electron chi connectivity index (χ0n) is 40.6. The molecule has 316 valence electrons. The third kappa shape index (κ3) is 54.7. The fourth-order valence-electron chi connectivity index (χ4n) is 6.32. The Hall–Kier alpha value is -0.120. The van der Waals surface area contributed by atoms with Gasteiger partial charge in [-0.3, -0.25) is 0 Å². The van der Waals surface area contributed by atoms with Crippen LogP contribution in [0, 0.1) is 17.8 Å². The first-order valence-corrected chi connectivity index (χ1v) is 23.6.